The first-order valence-electron chi connectivity index (χ1n) is 7.48. The molecule has 0 fully saturated rings. The smallest absolute Gasteiger partial charge is 0.348 e. The van der Waals surface area contributed by atoms with Crippen molar-refractivity contribution in [2.24, 2.45) is 0 Å². The lowest BCUT2D eigenvalue weighted by Crippen LogP contribution is -2.29. The van der Waals surface area contributed by atoms with Gasteiger partial charge in [-0.05, 0) is 32.8 Å². The highest BCUT2D eigenvalue weighted by atomic mass is 32.1. The van der Waals surface area contributed by atoms with Gasteiger partial charge in [0.05, 0.1) is 18.8 Å². The second-order valence-corrected chi connectivity index (χ2v) is 5.60. The van der Waals surface area contributed by atoms with Crippen LogP contribution in [0.4, 0.5) is 9.80 Å². The van der Waals surface area contributed by atoms with Crippen LogP contribution in [-0.4, -0.2) is 37.7 Å². The molecular weight excluding hydrogens is 320 g/mol. The molecule has 0 spiro atoms. The number of anilines is 1. The molecule has 23 heavy (non-hydrogen) atoms. The Morgan fingerprint density at radius 2 is 1.65 bits per heavy atom. The third kappa shape index (κ3) is 4.95. The topological polar surface area (TPSA) is 93.7 Å². The van der Waals surface area contributed by atoms with Gasteiger partial charge < -0.3 is 14.8 Å². The molecule has 0 unspecified atom stereocenters. The summed E-state index contributed by atoms with van der Waals surface area (Å²) in [6, 6.07) is -0.436. The molecule has 1 rings (SSSR count). The van der Waals surface area contributed by atoms with Crippen molar-refractivity contribution in [1.82, 2.24) is 5.32 Å². The van der Waals surface area contributed by atoms with E-state index in [-0.39, 0.29) is 28.7 Å². The minimum absolute atomic E-state index is 0.187. The summed E-state index contributed by atoms with van der Waals surface area (Å²) < 4.78 is 9.99. The molecule has 1 aromatic heterocycles. The lowest BCUT2D eigenvalue weighted by Gasteiger charge is -2.07. The normalized spacial score (nSPS) is 10.1. The van der Waals surface area contributed by atoms with Gasteiger partial charge in [-0.2, -0.15) is 0 Å². The van der Waals surface area contributed by atoms with E-state index in [0.29, 0.717) is 12.1 Å². The molecule has 2 N–H and O–H groups in total. The first kappa shape index (κ1) is 19.0. The molecule has 1 heterocycles. The number of nitrogens with one attached hydrogen (secondary N) is 2. The lowest BCUT2D eigenvalue weighted by atomic mass is 10.1. The van der Waals surface area contributed by atoms with Gasteiger partial charge in [-0.15, -0.1) is 11.3 Å². The molecule has 8 heteroatoms. The second-order valence-electron chi connectivity index (χ2n) is 4.58. The number of esters is 2. The lowest BCUT2D eigenvalue weighted by molar-refractivity contribution is 0.0527. The Bertz CT molecular complexity index is 583. The van der Waals surface area contributed by atoms with Crippen LogP contribution in [0.15, 0.2) is 0 Å². The minimum atomic E-state index is -0.581. The molecule has 0 radical (unpaired) electrons. The molecule has 0 bridgehead atoms. The molecular formula is C15H22N2O5S. The van der Waals surface area contributed by atoms with Crippen molar-refractivity contribution < 1.29 is 23.9 Å². The third-order valence-electron chi connectivity index (χ3n) is 2.85. The first-order chi connectivity index (χ1) is 11.0. The summed E-state index contributed by atoms with van der Waals surface area (Å²) in [6.45, 7) is 7.88. The number of hydrogen-bond donors (Lipinski definition) is 2. The predicted molar refractivity (Wildman–Crippen MR) is 88.3 cm³/mol. The molecule has 0 aliphatic rings. The van der Waals surface area contributed by atoms with Gasteiger partial charge in [-0.25, -0.2) is 14.4 Å². The van der Waals surface area contributed by atoms with E-state index in [1.54, 1.807) is 20.8 Å². The fraction of sp³-hybridized carbons (Fsp3) is 0.533. The molecule has 0 atom stereocenters. The first-order valence-corrected chi connectivity index (χ1v) is 8.30. The van der Waals surface area contributed by atoms with Gasteiger partial charge in [0.1, 0.15) is 9.88 Å². The summed E-state index contributed by atoms with van der Waals surface area (Å²) in [7, 11) is 0. The number of carbonyl (C=O) groups is 3. The maximum atomic E-state index is 12.1. The van der Waals surface area contributed by atoms with E-state index < -0.39 is 18.0 Å². The summed E-state index contributed by atoms with van der Waals surface area (Å²) in [6.07, 6.45) is 0.787. The largest absolute Gasteiger partial charge is 0.462 e. The van der Waals surface area contributed by atoms with E-state index in [0.717, 1.165) is 17.8 Å². The SMILES string of the molecule is CCCNC(=O)Nc1sc(C(=O)OCC)c(C)c1C(=O)OCC. The quantitative estimate of drug-likeness (QED) is 0.743. The van der Waals surface area contributed by atoms with Gasteiger partial charge in [-0.3, -0.25) is 5.32 Å². The number of rotatable bonds is 7. The zero-order valence-electron chi connectivity index (χ0n) is 13.8. The zero-order chi connectivity index (χ0) is 17.4. The van der Waals surface area contributed by atoms with Gasteiger partial charge in [0.15, 0.2) is 0 Å². The highest BCUT2D eigenvalue weighted by Crippen LogP contribution is 2.34. The monoisotopic (exact) mass is 342 g/mol. The Labute approximate surface area is 139 Å². The van der Waals surface area contributed by atoms with Crippen molar-refractivity contribution in [3.8, 4) is 0 Å². The van der Waals surface area contributed by atoms with Gasteiger partial charge in [0.25, 0.3) is 0 Å². The van der Waals surface area contributed by atoms with Gasteiger partial charge >= 0.3 is 18.0 Å². The number of ether oxygens (including phenoxy) is 2. The number of thiophene rings is 1. The summed E-state index contributed by atoms with van der Waals surface area (Å²) in [5.41, 5.74) is 0.629. The number of amides is 2. The highest BCUT2D eigenvalue weighted by molar-refractivity contribution is 7.18. The van der Waals surface area contributed by atoms with Crippen LogP contribution in [0.5, 0.6) is 0 Å². The van der Waals surface area contributed by atoms with Gasteiger partial charge in [0.2, 0.25) is 0 Å². The molecule has 0 saturated carbocycles. The van der Waals surface area contributed by atoms with E-state index >= 15 is 0 Å². The fourth-order valence-electron chi connectivity index (χ4n) is 1.83. The van der Waals surface area contributed by atoms with E-state index in [2.05, 4.69) is 10.6 Å². The van der Waals surface area contributed by atoms with Crippen molar-refractivity contribution in [2.45, 2.75) is 34.1 Å². The van der Waals surface area contributed by atoms with Gasteiger partial charge in [-0.1, -0.05) is 6.92 Å². The average molecular weight is 342 g/mol. The molecule has 7 nitrogen and oxygen atoms in total. The van der Waals surface area contributed by atoms with Crippen molar-refractivity contribution >= 4 is 34.3 Å². The second kappa shape index (κ2) is 9.14. The van der Waals surface area contributed by atoms with E-state index in [1.165, 1.54) is 0 Å². The van der Waals surface area contributed by atoms with Crippen molar-refractivity contribution in [2.75, 3.05) is 25.1 Å². The van der Waals surface area contributed by atoms with E-state index in [1.807, 2.05) is 6.92 Å². The Balaban J connectivity index is 3.14. The Kier molecular flexibility index (Phi) is 7.53. The van der Waals surface area contributed by atoms with E-state index in [4.69, 9.17) is 9.47 Å². The number of carbonyl (C=O) groups excluding carboxylic acids is 3. The number of urea groups is 1. The van der Waals surface area contributed by atoms with Crippen LogP contribution in [0.3, 0.4) is 0 Å². The van der Waals surface area contributed by atoms with Crippen LogP contribution < -0.4 is 10.6 Å². The predicted octanol–water partition coefficient (Wildman–Crippen LogP) is 2.94. The van der Waals surface area contributed by atoms with Crippen LogP contribution >= 0.6 is 11.3 Å². The van der Waals surface area contributed by atoms with Crippen LogP contribution in [-0.2, 0) is 9.47 Å². The summed E-state index contributed by atoms with van der Waals surface area (Å²) in [4.78, 5) is 36.2. The van der Waals surface area contributed by atoms with Crippen molar-refractivity contribution in [3.63, 3.8) is 0 Å². The molecule has 128 valence electrons. The van der Waals surface area contributed by atoms with Crippen LogP contribution in [0.2, 0.25) is 0 Å². The van der Waals surface area contributed by atoms with Crippen LogP contribution in [0.25, 0.3) is 0 Å². The van der Waals surface area contributed by atoms with E-state index in [9.17, 15) is 14.4 Å². The average Bonchev–Trinajstić information content (AvgIpc) is 2.82. The van der Waals surface area contributed by atoms with Crippen molar-refractivity contribution in [1.29, 1.82) is 0 Å². The summed E-state index contributed by atoms with van der Waals surface area (Å²) in [5, 5.41) is 5.53. The van der Waals surface area contributed by atoms with Crippen LogP contribution in [0.1, 0.15) is 52.8 Å². The Morgan fingerprint density at radius 3 is 2.22 bits per heavy atom. The number of hydrogen-bond acceptors (Lipinski definition) is 6. The molecule has 1 aromatic rings. The summed E-state index contributed by atoms with van der Waals surface area (Å²) >= 11 is 1.00. The third-order valence-corrected chi connectivity index (χ3v) is 4.04. The van der Waals surface area contributed by atoms with Gasteiger partial charge in [0, 0.05) is 6.54 Å². The molecule has 0 aliphatic heterocycles. The maximum absolute atomic E-state index is 12.1. The Hall–Kier alpha value is -2.09. The Morgan fingerprint density at radius 1 is 1.04 bits per heavy atom. The van der Waals surface area contributed by atoms with Crippen LogP contribution in [0, 0.1) is 6.92 Å². The molecule has 2 amide bonds. The maximum Gasteiger partial charge on any atom is 0.348 e. The standard InChI is InChI=1S/C15H22N2O5S/c1-5-8-16-15(20)17-12-10(13(18)21-6-2)9(4)11(23-12)14(19)22-7-3/h5-8H2,1-4H3,(H2,16,17,20). The minimum Gasteiger partial charge on any atom is -0.462 e. The van der Waals surface area contributed by atoms with Crippen molar-refractivity contribution in [3.05, 3.63) is 16.0 Å². The summed E-state index contributed by atoms with van der Waals surface area (Å²) in [5.74, 6) is -1.11. The fourth-order valence-corrected chi connectivity index (χ4v) is 2.91. The molecule has 0 aliphatic carbocycles. The molecule has 0 aromatic carbocycles. The zero-order valence-corrected chi connectivity index (χ0v) is 14.6. The highest BCUT2D eigenvalue weighted by Gasteiger charge is 2.27. The molecule has 0 saturated heterocycles.